The highest BCUT2D eigenvalue weighted by molar-refractivity contribution is 5.94. The lowest BCUT2D eigenvalue weighted by Gasteiger charge is -2.62. The molecule has 0 aromatic rings. The van der Waals surface area contributed by atoms with Gasteiger partial charge in [-0.1, -0.05) is 27.7 Å². The van der Waals surface area contributed by atoms with Crippen molar-refractivity contribution < 1.29 is 48.4 Å². The van der Waals surface area contributed by atoms with E-state index in [2.05, 4.69) is 27.7 Å². The number of hydrogen-bond acceptors (Lipinski definition) is 9. The Kier molecular flexibility index (Phi) is 10.9. The van der Waals surface area contributed by atoms with Crippen molar-refractivity contribution in [2.24, 2.45) is 51.2 Å². The zero-order valence-electron chi connectivity index (χ0n) is 30.7. The largest absolute Gasteiger partial charge is 0.481 e. The minimum atomic E-state index is -1.80. The van der Waals surface area contributed by atoms with E-state index in [4.69, 9.17) is 19.3 Å². The molecule has 4 fully saturated rings. The number of fused-ring (bicyclic) bond motifs is 5. The molecular formula is C38H60O10. The number of aliphatic hydroxyl groups is 1. The molecule has 0 aromatic heterocycles. The summed E-state index contributed by atoms with van der Waals surface area (Å²) in [5.41, 5.74) is -1.31. The minimum Gasteiger partial charge on any atom is -0.481 e. The van der Waals surface area contributed by atoms with Crippen LogP contribution in [-0.2, 0) is 38.2 Å². The molecule has 4 unspecified atom stereocenters. The second-order valence-corrected chi connectivity index (χ2v) is 17.6. The number of carboxylic acids is 1. The predicted molar refractivity (Wildman–Crippen MR) is 177 cm³/mol. The Bertz CT molecular complexity index is 1250. The fourth-order valence-electron chi connectivity index (χ4n) is 11.2. The topological polar surface area (TPSA) is 154 Å². The van der Waals surface area contributed by atoms with Gasteiger partial charge >= 0.3 is 23.9 Å². The fourth-order valence-corrected chi connectivity index (χ4v) is 11.2. The molecule has 0 bridgehead atoms. The van der Waals surface area contributed by atoms with Crippen LogP contribution in [0.15, 0.2) is 0 Å². The zero-order chi connectivity index (χ0) is 36.0. The summed E-state index contributed by atoms with van der Waals surface area (Å²) in [7, 11) is 0. The van der Waals surface area contributed by atoms with Crippen LogP contribution in [-0.4, -0.2) is 57.9 Å². The second-order valence-electron chi connectivity index (χ2n) is 17.6. The van der Waals surface area contributed by atoms with E-state index in [-0.39, 0.29) is 28.8 Å². The summed E-state index contributed by atoms with van der Waals surface area (Å²) in [5.74, 6) is -2.61. The molecule has 4 saturated carbocycles. The molecule has 0 saturated heterocycles. The van der Waals surface area contributed by atoms with Crippen molar-refractivity contribution in [1.82, 2.24) is 0 Å². The molecule has 0 radical (unpaired) electrons. The van der Waals surface area contributed by atoms with Crippen molar-refractivity contribution in [1.29, 1.82) is 0 Å². The molecule has 48 heavy (non-hydrogen) atoms. The number of Topliss-reactive ketones (excluding diaryl/α,β-unsaturated/α-hetero) is 1. The number of esters is 3. The van der Waals surface area contributed by atoms with Crippen LogP contribution in [0.25, 0.3) is 0 Å². The molecule has 0 amide bonds. The molecule has 4 aliphatic rings. The number of carbonyl (C=O) groups excluding carboxylic acids is 4. The van der Waals surface area contributed by atoms with Crippen LogP contribution in [0.2, 0.25) is 0 Å². The maximum absolute atomic E-state index is 13.6. The molecule has 4 rings (SSSR count). The van der Waals surface area contributed by atoms with E-state index in [1.54, 1.807) is 13.8 Å². The summed E-state index contributed by atoms with van der Waals surface area (Å²) in [6, 6.07) is 0. The van der Waals surface area contributed by atoms with E-state index in [0.29, 0.717) is 36.0 Å². The third-order valence-corrected chi connectivity index (χ3v) is 13.7. The fraction of sp³-hybridized carbons (Fsp3) is 0.868. The van der Waals surface area contributed by atoms with Crippen LogP contribution in [0.3, 0.4) is 0 Å². The summed E-state index contributed by atoms with van der Waals surface area (Å²) in [6.07, 6.45) is 8.01. The second kappa shape index (κ2) is 13.7. The van der Waals surface area contributed by atoms with E-state index < -0.39 is 53.4 Å². The van der Waals surface area contributed by atoms with Crippen LogP contribution < -0.4 is 0 Å². The Morgan fingerprint density at radius 1 is 0.812 bits per heavy atom. The number of aliphatic carboxylic acids is 1. The SMILES string of the molecule is CC(=O)OC(C)(OC(C)=O)C(C)(C)C(=O)O[C@@H]1CC[C@@]2(C)C(CCC3C2CC[C@@]2(C)C3CC[C@@H]2C(C)(C)C[C@@H](O)CC(=O)CC(=O)O)C1. The van der Waals surface area contributed by atoms with Gasteiger partial charge in [0.1, 0.15) is 23.7 Å². The number of carboxylic acid groups (broad SMARTS) is 1. The van der Waals surface area contributed by atoms with Gasteiger partial charge in [-0.15, -0.1) is 0 Å². The third kappa shape index (κ3) is 7.34. The average Bonchev–Trinajstić information content (AvgIpc) is 3.29. The number of carbonyl (C=O) groups is 5. The average molecular weight is 677 g/mol. The lowest BCUT2D eigenvalue weighted by atomic mass is 9.44. The molecular weight excluding hydrogens is 616 g/mol. The third-order valence-electron chi connectivity index (χ3n) is 13.7. The van der Waals surface area contributed by atoms with Crippen molar-refractivity contribution in [3.05, 3.63) is 0 Å². The van der Waals surface area contributed by atoms with E-state index in [9.17, 15) is 29.1 Å². The molecule has 0 spiro atoms. The van der Waals surface area contributed by atoms with E-state index in [0.717, 1.165) is 51.4 Å². The number of aliphatic hydroxyl groups excluding tert-OH is 1. The summed E-state index contributed by atoms with van der Waals surface area (Å²) in [6.45, 7) is 16.3. The minimum absolute atomic E-state index is 0.113. The van der Waals surface area contributed by atoms with Crippen molar-refractivity contribution in [2.75, 3.05) is 0 Å². The van der Waals surface area contributed by atoms with Crippen molar-refractivity contribution in [3.63, 3.8) is 0 Å². The Morgan fingerprint density at radius 2 is 1.40 bits per heavy atom. The highest BCUT2D eigenvalue weighted by Crippen LogP contribution is 2.69. The molecule has 10 heteroatoms. The Morgan fingerprint density at radius 3 is 1.98 bits per heavy atom. The molecule has 272 valence electrons. The van der Waals surface area contributed by atoms with Crippen molar-refractivity contribution in [3.8, 4) is 0 Å². The molecule has 2 N–H and O–H groups in total. The number of rotatable bonds is 12. The van der Waals surface area contributed by atoms with Crippen molar-refractivity contribution >= 4 is 29.7 Å². The van der Waals surface area contributed by atoms with Gasteiger partial charge in [0.15, 0.2) is 0 Å². The van der Waals surface area contributed by atoms with Gasteiger partial charge in [0, 0.05) is 27.2 Å². The number of ketones is 1. The summed E-state index contributed by atoms with van der Waals surface area (Å²) in [5, 5.41) is 19.8. The molecule has 0 aliphatic heterocycles. The normalized spacial score (nSPS) is 34.1. The first-order valence-electron chi connectivity index (χ1n) is 18.1. The Balaban J connectivity index is 1.41. The molecule has 10 nitrogen and oxygen atoms in total. The van der Waals surface area contributed by atoms with E-state index >= 15 is 0 Å². The summed E-state index contributed by atoms with van der Waals surface area (Å²) >= 11 is 0. The first-order chi connectivity index (χ1) is 22.1. The van der Waals surface area contributed by atoms with Crippen LogP contribution in [0.4, 0.5) is 0 Å². The first kappa shape index (κ1) is 38.3. The van der Waals surface area contributed by atoms with Gasteiger partial charge in [-0.05, 0) is 124 Å². The number of ether oxygens (including phenoxy) is 3. The van der Waals surface area contributed by atoms with Crippen LogP contribution >= 0.6 is 0 Å². The van der Waals surface area contributed by atoms with Gasteiger partial charge in [-0.2, -0.15) is 0 Å². The molecule has 4 aliphatic carbocycles. The Hall–Kier alpha value is -2.49. The highest BCUT2D eigenvalue weighted by Gasteiger charge is 2.62. The van der Waals surface area contributed by atoms with Gasteiger partial charge in [-0.3, -0.25) is 24.0 Å². The summed E-state index contributed by atoms with van der Waals surface area (Å²) < 4.78 is 16.9. The van der Waals surface area contributed by atoms with E-state index in [1.165, 1.54) is 27.2 Å². The molecule has 9 atom stereocenters. The zero-order valence-corrected chi connectivity index (χ0v) is 30.7. The van der Waals surface area contributed by atoms with Crippen LogP contribution in [0.5, 0.6) is 0 Å². The highest BCUT2D eigenvalue weighted by atomic mass is 16.7. The summed E-state index contributed by atoms with van der Waals surface area (Å²) in [4.78, 5) is 60.4. The van der Waals surface area contributed by atoms with Gasteiger partial charge in [0.05, 0.1) is 6.10 Å². The van der Waals surface area contributed by atoms with Gasteiger partial charge in [0.2, 0.25) is 0 Å². The predicted octanol–water partition coefficient (Wildman–Crippen LogP) is 6.64. The van der Waals surface area contributed by atoms with Crippen molar-refractivity contribution in [2.45, 2.75) is 157 Å². The molecule has 0 aromatic carbocycles. The van der Waals surface area contributed by atoms with Gasteiger partial charge < -0.3 is 24.4 Å². The monoisotopic (exact) mass is 676 g/mol. The lowest BCUT2D eigenvalue weighted by Crippen LogP contribution is -2.56. The van der Waals surface area contributed by atoms with Gasteiger partial charge in [0.25, 0.3) is 5.79 Å². The smallest absolute Gasteiger partial charge is 0.319 e. The maximum Gasteiger partial charge on any atom is 0.319 e. The molecule has 0 heterocycles. The lowest BCUT2D eigenvalue weighted by molar-refractivity contribution is -0.260. The Labute approximate surface area is 286 Å². The van der Waals surface area contributed by atoms with Crippen LogP contribution in [0, 0.1) is 51.2 Å². The first-order valence-corrected chi connectivity index (χ1v) is 18.1. The van der Waals surface area contributed by atoms with Gasteiger partial charge in [-0.25, -0.2) is 0 Å². The quantitative estimate of drug-likeness (QED) is 0.131. The standard InChI is InChI=1S/C38H60O10/c1-22(39)47-38(9,48-23(2)40)35(5,6)33(45)46-27-14-16-36(7)24(18-27)10-11-28-29-12-13-31(37(29,8)17-15-30(28)36)34(3,4)21-26(42)19-25(41)20-32(43)44/h24,26-31,42H,10-21H2,1-9H3,(H,43,44)/t24?,26-,27+,28?,29?,30?,31+,36-,37-/m0/s1. The number of hydrogen-bond donors (Lipinski definition) is 2. The maximum atomic E-state index is 13.6. The van der Waals surface area contributed by atoms with E-state index in [1.807, 2.05) is 0 Å². The van der Waals surface area contributed by atoms with Crippen LogP contribution in [0.1, 0.15) is 139 Å².